The molecule has 6 heteroatoms. The summed E-state index contributed by atoms with van der Waals surface area (Å²) in [5, 5.41) is 3.70. The van der Waals surface area contributed by atoms with Crippen molar-refractivity contribution >= 4 is 17.7 Å². The predicted octanol–water partition coefficient (Wildman–Crippen LogP) is 2.13. The number of thioether (sulfide) groups is 1. The fraction of sp³-hybridized carbons (Fsp3) is 0.250. The Bertz CT molecular complexity index is 636. The number of carbonyl (C=O) groups excluding carboxylic acids is 1. The highest BCUT2D eigenvalue weighted by atomic mass is 32.2. The average Bonchev–Trinajstić information content (AvgIpc) is 2.59. The van der Waals surface area contributed by atoms with Crippen LogP contribution in [0.25, 0.3) is 0 Å². The molecule has 0 spiro atoms. The second-order valence-corrected chi connectivity index (χ2v) is 5.75. The van der Waals surface area contributed by atoms with E-state index in [2.05, 4.69) is 10.3 Å². The molecule has 1 unspecified atom stereocenters. The van der Waals surface area contributed by atoms with E-state index in [-0.39, 0.29) is 12.0 Å². The molecule has 1 aliphatic heterocycles. The first kappa shape index (κ1) is 14.7. The van der Waals surface area contributed by atoms with E-state index in [1.54, 1.807) is 6.20 Å². The summed E-state index contributed by atoms with van der Waals surface area (Å²) in [7, 11) is 0. The molecule has 1 atom stereocenters. The van der Waals surface area contributed by atoms with E-state index in [4.69, 9.17) is 9.47 Å². The van der Waals surface area contributed by atoms with E-state index in [0.29, 0.717) is 18.9 Å². The maximum absolute atomic E-state index is 11.8. The van der Waals surface area contributed by atoms with Crippen molar-refractivity contribution in [2.24, 2.45) is 0 Å². The van der Waals surface area contributed by atoms with Gasteiger partial charge in [-0.3, -0.25) is 4.79 Å². The van der Waals surface area contributed by atoms with Gasteiger partial charge in [0.2, 0.25) is 5.91 Å². The minimum absolute atomic E-state index is 0.0434. The van der Waals surface area contributed by atoms with Gasteiger partial charge in [-0.25, -0.2) is 4.98 Å². The monoisotopic (exact) mass is 316 g/mol. The molecule has 0 fully saturated rings. The second kappa shape index (κ2) is 7.17. The largest absolute Gasteiger partial charge is 0.486 e. The number of nitrogens with zero attached hydrogens (tertiary/aromatic N) is 1. The third-order valence-corrected chi connectivity index (χ3v) is 4.03. The van der Waals surface area contributed by atoms with Crippen molar-refractivity contribution in [3.05, 3.63) is 48.7 Å². The summed E-state index contributed by atoms with van der Waals surface area (Å²) in [4.78, 5) is 16.0. The van der Waals surface area contributed by atoms with E-state index in [9.17, 15) is 4.79 Å². The number of nitrogens with one attached hydrogen (secondary N) is 1. The topological polar surface area (TPSA) is 60.5 Å². The fourth-order valence-corrected chi connectivity index (χ4v) is 2.71. The van der Waals surface area contributed by atoms with Gasteiger partial charge in [0.15, 0.2) is 11.5 Å². The molecule has 0 radical (unpaired) electrons. The first-order valence-corrected chi connectivity index (χ1v) is 7.99. The maximum Gasteiger partial charge on any atom is 0.230 e. The van der Waals surface area contributed by atoms with Crippen molar-refractivity contribution < 1.29 is 14.3 Å². The molecule has 1 aromatic carbocycles. The molecule has 2 heterocycles. The highest BCUT2D eigenvalue weighted by molar-refractivity contribution is 7.99. The summed E-state index contributed by atoms with van der Waals surface area (Å²) in [6.07, 6.45) is 1.55. The number of fused-ring (bicyclic) bond motifs is 1. The van der Waals surface area contributed by atoms with E-state index < -0.39 is 0 Å². The van der Waals surface area contributed by atoms with Crippen molar-refractivity contribution in [1.29, 1.82) is 0 Å². The van der Waals surface area contributed by atoms with Gasteiger partial charge in [-0.15, -0.1) is 0 Å². The van der Waals surface area contributed by atoms with Gasteiger partial charge >= 0.3 is 0 Å². The third-order valence-electron chi connectivity index (χ3n) is 3.08. The zero-order valence-corrected chi connectivity index (χ0v) is 12.7. The molecule has 1 aliphatic rings. The summed E-state index contributed by atoms with van der Waals surface area (Å²) < 4.78 is 11.4. The van der Waals surface area contributed by atoms with Crippen LogP contribution in [0.4, 0.5) is 0 Å². The van der Waals surface area contributed by atoms with Gasteiger partial charge in [0.1, 0.15) is 12.7 Å². The number of benzene rings is 1. The van der Waals surface area contributed by atoms with Gasteiger partial charge in [-0.1, -0.05) is 30.0 Å². The lowest BCUT2D eigenvalue weighted by atomic mass is 10.2. The molecule has 22 heavy (non-hydrogen) atoms. The molecule has 0 saturated heterocycles. The Morgan fingerprint density at radius 3 is 2.86 bits per heavy atom. The zero-order chi connectivity index (χ0) is 15.2. The number of para-hydroxylation sites is 2. The Balaban J connectivity index is 1.42. The molecule has 0 bridgehead atoms. The number of pyridine rings is 1. The molecule has 1 N–H and O–H groups in total. The molecule has 1 aromatic heterocycles. The van der Waals surface area contributed by atoms with E-state index in [0.717, 1.165) is 16.5 Å². The lowest BCUT2D eigenvalue weighted by Gasteiger charge is -2.26. The first-order valence-electron chi connectivity index (χ1n) is 7.00. The molecular formula is C16H16N2O3S. The minimum Gasteiger partial charge on any atom is -0.486 e. The van der Waals surface area contributed by atoms with Gasteiger partial charge in [-0.2, -0.15) is 0 Å². The molecule has 1 amide bonds. The number of ether oxygens (including phenoxy) is 2. The van der Waals surface area contributed by atoms with Crippen molar-refractivity contribution in [1.82, 2.24) is 10.3 Å². The molecule has 3 rings (SSSR count). The lowest BCUT2D eigenvalue weighted by Crippen LogP contribution is -2.41. The minimum atomic E-state index is -0.168. The van der Waals surface area contributed by atoms with Crippen LogP contribution in [0, 0.1) is 0 Å². The number of aromatic nitrogens is 1. The Morgan fingerprint density at radius 1 is 1.23 bits per heavy atom. The summed E-state index contributed by atoms with van der Waals surface area (Å²) in [6.45, 7) is 0.862. The number of rotatable bonds is 5. The normalized spacial score (nSPS) is 16.1. The Hall–Kier alpha value is -2.21. The zero-order valence-electron chi connectivity index (χ0n) is 11.9. The molecule has 2 aromatic rings. The molecule has 0 saturated carbocycles. The number of amides is 1. The summed E-state index contributed by atoms with van der Waals surface area (Å²) >= 11 is 1.41. The van der Waals surface area contributed by atoms with Gasteiger partial charge in [0, 0.05) is 6.20 Å². The van der Waals surface area contributed by atoms with Crippen molar-refractivity contribution in [2.45, 2.75) is 11.1 Å². The Morgan fingerprint density at radius 2 is 2.05 bits per heavy atom. The average molecular weight is 316 g/mol. The van der Waals surface area contributed by atoms with Crippen LogP contribution >= 0.6 is 11.8 Å². The van der Waals surface area contributed by atoms with Gasteiger partial charge in [0.25, 0.3) is 0 Å². The van der Waals surface area contributed by atoms with Crippen LogP contribution in [0.1, 0.15) is 0 Å². The standard InChI is InChI=1S/C16H16N2O3S/c19-15(11-22-16-7-3-4-8-17-16)18-9-12-10-20-13-5-1-2-6-14(13)21-12/h1-8,12H,9-11H2,(H,18,19). The van der Waals surface area contributed by atoms with E-state index >= 15 is 0 Å². The van der Waals surface area contributed by atoms with Crippen molar-refractivity contribution in [2.75, 3.05) is 18.9 Å². The number of hydrogen-bond donors (Lipinski definition) is 1. The van der Waals surface area contributed by atoms with Crippen LogP contribution in [0.2, 0.25) is 0 Å². The van der Waals surface area contributed by atoms with Crippen LogP contribution in [0.5, 0.6) is 11.5 Å². The summed E-state index contributed by atoms with van der Waals surface area (Å²) in [6, 6.07) is 13.2. The summed E-state index contributed by atoms with van der Waals surface area (Å²) in [5.41, 5.74) is 0. The second-order valence-electron chi connectivity index (χ2n) is 4.76. The SMILES string of the molecule is O=C(CSc1ccccn1)NCC1COc2ccccc2O1. The van der Waals surface area contributed by atoms with Crippen molar-refractivity contribution in [3.63, 3.8) is 0 Å². The quantitative estimate of drug-likeness (QED) is 0.856. The first-order chi connectivity index (χ1) is 10.8. The predicted molar refractivity (Wildman–Crippen MR) is 84.3 cm³/mol. The fourth-order valence-electron chi connectivity index (χ4n) is 2.01. The third kappa shape index (κ3) is 3.92. The summed E-state index contributed by atoms with van der Waals surface area (Å²) in [5.74, 6) is 1.76. The van der Waals surface area contributed by atoms with Crippen LogP contribution < -0.4 is 14.8 Å². The van der Waals surface area contributed by atoms with Crippen molar-refractivity contribution in [3.8, 4) is 11.5 Å². The smallest absolute Gasteiger partial charge is 0.230 e. The molecular weight excluding hydrogens is 300 g/mol. The molecule has 5 nitrogen and oxygen atoms in total. The van der Waals surface area contributed by atoms with Crippen LogP contribution in [0.3, 0.4) is 0 Å². The number of hydrogen-bond acceptors (Lipinski definition) is 5. The van der Waals surface area contributed by atoms with Crippen LogP contribution in [0.15, 0.2) is 53.7 Å². The highest BCUT2D eigenvalue weighted by Crippen LogP contribution is 2.30. The van der Waals surface area contributed by atoms with Gasteiger partial charge < -0.3 is 14.8 Å². The van der Waals surface area contributed by atoms with Gasteiger partial charge in [0.05, 0.1) is 17.3 Å². The van der Waals surface area contributed by atoms with E-state index in [1.165, 1.54) is 11.8 Å². The molecule has 0 aliphatic carbocycles. The maximum atomic E-state index is 11.8. The van der Waals surface area contributed by atoms with Crippen LogP contribution in [-0.2, 0) is 4.79 Å². The van der Waals surface area contributed by atoms with Crippen LogP contribution in [-0.4, -0.2) is 35.9 Å². The Kier molecular flexibility index (Phi) is 4.80. The Labute approximate surface area is 133 Å². The lowest BCUT2D eigenvalue weighted by molar-refractivity contribution is -0.119. The highest BCUT2D eigenvalue weighted by Gasteiger charge is 2.20. The van der Waals surface area contributed by atoms with Gasteiger partial charge in [-0.05, 0) is 24.3 Å². The molecule has 114 valence electrons. The number of carbonyl (C=O) groups is 1. The van der Waals surface area contributed by atoms with E-state index in [1.807, 2.05) is 42.5 Å².